The van der Waals surface area contributed by atoms with Crippen LogP contribution in [0.2, 0.25) is 0 Å². The summed E-state index contributed by atoms with van der Waals surface area (Å²) in [4.78, 5) is 2.26. The third-order valence-electron chi connectivity index (χ3n) is 5.42. The van der Waals surface area contributed by atoms with E-state index in [4.69, 9.17) is 4.74 Å². The summed E-state index contributed by atoms with van der Waals surface area (Å²) in [6, 6.07) is 25.5. The zero-order chi connectivity index (χ0) is 19.4. The van der Waals surface area contributed by atoms with Gasteiger partial charge in [-0.15, -0.1) is 0 Å². The van der Waals surface area contributed by atoms with Gasteiger partial charge in [0.15, 0.2) is 0 Å². The van der Waals surface area contributed by atoms with Gasteiger partial charge in [-0.05, 0) is 28.8 Å². The van der Waals surface area contributed by atoms with E-state index in [1.165, 1.54) is 12.1 Å². The molecule has 0 unspecified atom stereocenters. The number of aliphatic hydroxyl groups is 1. The van der Waals surface area contributed by atoms with E-state index in [1.807, 2.05) is 60.7 Å². The largest absolute Gasteiger partial charge is 0.379 e. The second-order valence-corrected chi connectivity index (χ2v) is 7.10. The van der Waals surface area contributed by atoms with Gasteiger partial charge in [0.25, 0.3) is 0 Å². The van der Waals surface area contributed by atoms with Crippen molar-refractivity contribution in [3.63, 3.8) is 0 Å². The van der Waals surface area contributed by atoms with E-state index < -0.39 is 5.60 Å². The second kappa shape index (κ2) is 8.23. The number of hydrogen-bond acceptors (Lipinski definition) is 3. The zero-order valence-corrected chi connectivity index (χ0v) is 15.7. The van der Waals surface area contributed by atoms with Crippen molar-refractivity contribution >= 4 is 0 Å². The van der Waals surface area contributed by atoms with Gasteiger partial charge in [0.1, 0.15) is 11.4 Å². The maximum Gasteiger partial charge on any atom is 0.134 e. The Morgan fingerprint density at radius 3 is 1.93 bits per heavy atom. The molecule has 144 valence electrons. The first kappa shape index (κ1) is 18.8. The van der Waals surface area contributed by atoms with E-state index in [0.29, 0.717) is 18.8 Å². The van der Waals surface area contributed by atoms with E-state index in [2.05, 4.69) is 4.90 Å². The highest BCUT2D eigenvalue weighted by Gasteiger charge is 2.44. The lowest BCUT2D eigenvalue weighted by molar-refractivity contribution is -0.0619. The van der Waals surface area contributed by atoms with Crippen molar-refractivity contribution in [1.82, 2.24) is 4.90 Å². The Morgan fingerprint density at radius 1 is 0.786 bits per heavy atom. The molecule has 4 heteroatoms. The molecular weight excluding hydrogens is 353 g/mol. The topological polar surface area (TPSA) is 32.7 Å². The maximum absolute atomic E-state index is 13.6. The minimum absolute atomic E-state index is 0.318. The van der Waals surface area contributed by atoms with E-state index in [-0.39, 0.29) is 11.9 Å². The Balaban J connectivity index is 1.92. The Bertz CT molecular complexity index is 879. The van der Waals surface area contributed by atoms with Crippen LogP contribution in [-0.4, -0.2) is 36.3 Å². The molecule has 2 atom stereocenters. The number of morpholine rings is 1. The van der Waals surface area contributed by atoms with Gasteiger partial charge >= 0.3 is 0 Å². The normalized spacial score (nSPS) is 18.4. The van der Waals surface area contributed by atoms with Crippen LogP contribution in [0.5, 0.6) is 0 Å². The molecule has 0 amide bonds. The first-order valence-corrected chi connectivity index (χ1v) is 9.60. The van der Waals surface area contributed by atoms with Crippen molar-refractivity contribution in [2.24, 2.45) is 0 Å². The number of halogens is 1. The van der Waals surface area contributed by atoms with E-state index in [0.717, 1.165) is 24.2 Å². The molecule has 0 aromatic heterocycles. The van der Waals surface area contributed by atoms with Gasteiger partial charge in [-0.2, -0.15) is 0 Å². The van der Waals surface area contributed by atoms with Crippen molar-refractivity contribution in [2.45, 2.75) is 11.6 Å². The highest BCUT2D eigenvalue weighted by atomic mass is 19.1. The third kappa shape index (κ3) is 3.59. The SMILES string of the molecule is O[C@@](c1ccccc1)(c1ccc(F)cc1)[C@@H](c1ccccc1)N1CCOCC1. The number of nitrogens with zero attached hydrogens (tertiary/aromatic N) is 1. The molecule has 3 aromatic carbocycles. The first-order chi connectivity index (χ1) is 13.7. The van der Waals surface area contributed by atoms with Crippen LogP contribution in [0.15, 0.2) is 84.9 Å². The van der Waals surface area contributed by atoms with Gasteiger partial charge in [-0.25, -0.2) is 4.39 Å². The number of rotatable bonds is 5. The molecule has 0 bridgehead atoms. The van der Waals surface area contributed by atoms with Crippen molar-refractivity contribution < 1.29 is 14.2 Å². The summed E-state index contributed by atoms with van der Waals surface area (Å²) in [6.07, 6.45) is 0. The highest BCUT2D eigenvalue weighted by molar-refractivity contribution is 5.41. The van der Waals surface area contributed by atoms with E-state index in [9.17, 15) is 9.50 Å². The van der Waals surface area contributed by atoms with Crippen molar-refractivity contribution in [1.29, 1.82) is 0 Å². The number of ether oxygens (including phenoxy) is 1. The standard InChI is InChI=1S/C24H24FNO2/c25-22-13-11-21(12-14-22)24(27,20-9-5-2-6-10-20)23(19-7-3-1-4-8-19)26-15-17-28-18-16-26/h1-14,23,27H,15-18H2/t23-,24+/m1/s1. The van der Waals surface area contributed by atoms with Crippen molar-refractivity contribution in [3.05, 3.63) is 107 Å². The van der Waals surface area contributed by atoms with Crippen LogP contribution in [0.1, 0.15) is 22.7 Å². The van der Waals surface area contributed by atoms with Gasteiger partial charge < -0.3 is 9.84 Å². The monoisotopic (exact) mass is 377 g/mol. The Labute approximate surface area is 165 Å². The average Bonchev–Trinajstić information content (AvgIpc) is 2.76. The molecule has 0 saturated carbocycles. The predicted molar refractivity (Wildman–Crippen MR) is 107 cm³/mol. The molecule has 0 aliphatic carbocycles. The van der Waals surface area contributed by atoms with E-state index >= 15 is 0 Å². The quantitative estimate of drug-likeness (QED) is 0.726. The molecule has 28 heavy (non-hydrogen) atoms. The molecule has 1 fully saturated rings. The van der Waals surface area contributed by atoms with Crippen LogP contribution in [0.4, 0.5) is 4.39 Å². The molecule has 0 spiro atoms. The van der Waals surface area contributed by atoms with Crippen LogP contribution >= 0.6 is 0 Å². The average molecular weight is 377 g/mol. The van der Waals surface area contributed by atoms with Crippen LogP contribution in [0, 0.1) is 5.82 Å². The van der Waals surface area contributed by atoms with Gasteiger partial charge in [-0.1, -0.05) is 72.8 Å². The lowest BCUT2D eigenvalue weighted by Crippen LogP contribution is -2.49. The van der Waals surface area contributed by atoms with E-state index in [1.54, 1.807) is 12.1 Å². The fourth-order valence-corrected chi connectivity index (χ4v) is 4.07. The second-order valence-electron chi connectivity index (χ2n) is 7.10. The summed E-state index contributed by atoms with van der Waals surface area (Å²) < 4.78 is 19.2. The Kier molecular flexibility index (Phi) is 5.53. The fourth-order valence-electron chi connectivity index (χ4n) is 4.07. The van der Waals surface area contributed by atoms with Gasteiger partial charge in [-0.3, -0.25) is 4.90 Å². The molecule has 1 aliphatic rings. The molecule has 1 N–H and O–H groups in total. The molecule has 3 nitrogen and oxygen atoms in total. The molecular formula is C24H24FNO2. The maximum atomic E-state index is 13.6. The molecule has 1 aliphatic heterocycles. The fraction of sp³-hybridized carbons (Fsp3) is 0.250. The summed E-state index contributed by atoms with van der Waals surface area (Å²) in [6.45, 7) is 2.68. The van der Waals surface area contributed by atoms with Gasteiger partial charge in [0.2, 0.25) is 0 Å². The predicted octanol–water partition coefficient (Wildman–Crippen LogP) is 4.14. The number of hydrogen-bond donors (Lipinski definition) is 1. The first-order valence-electron chi connectivity index (χ1n) is 9.60. The van der Waals surface area contributed by atoms with Crippen LogP contribution in [0.25, 0.3) is 0 Å². The van der Waals surface area contributed by atoms with Crippen LogP contribution < -0.4 is 0 Å². The summed E-state index contributed by atoms with van der Waals surface area (Å²) in [5.41, 5.74) is 1.12. The summed E-state index contributed by atoms with van der Waals surface area (Å²) >= 11 is 0. The summed E-state index contributed by atoms with van der Waals surface area (Å²) in [5.74, 6) is -0.318. The summed E-state index contributed by atoms with van der Waals surface area (Å²) in [5, 5.41) is 12.3. The van der Waals surface area contributed by atoms with Gasteiger partial charge in [0.05, 0.1) is 19.3 Å². The number of benzene rings is 3. The Morgan fingerprint density at radius 2 is 1.32 bits per heavy atom. The molecule has 3 aromatic rings. The zero-order valence-electron chi connectivity index (χ0n) is 15.7. The minimum atomic E-state index is -1.34. The summed E-state index contributed by atoms with van der Waals surface area (Å²) in [7, 11) is 0. The molecule has 4 rings (SSSR count). The van der Waals surface area contributed by atoms with Crippen LogP contribution in [0.3, 0.4) is 0 Å². The lowest BCUT2D eigenvalue weighted by atomic mass is 9.76. The highest BCUT2D eigenvalue weighted by Crippen LogP contribution is 2.44. The minimum Gasteiger partial charge on any atom is -0.379 e. The van der Waals surface area contributed by atoms with Crippen LogP contribution in [-0.2, 0) is 10.3 Å². The smallest absolute Gasteiger partial charge is 0.134 e. The molecule has 0 radical (unpaired) electrons. The molecule has 1 saturated heterocycles. The lowest BCUT2D eigenvalue weighted by Gasteiger charge is -2.45. The van der Waals surface area contributed by atoms with Crippen molar-refractivity contribution in [2.75, 3.05) is 26.3 Å². The molecule has 1 heterocycles. The Hall–Kier alpha value is -2.53. The van der Waals surface area contributed by atoms with Crippen molar-refractivity contribution in [3.8, 4) is 0 Å². The van der Waals surface area contributed by atoms with Gasteiger partial charge in [0, 0.05) is 13.1 Å². The third-order valence-corrected chi connectivity index (χ3v) is 5.42.